The number of ether oxygens (including phenoxy) is 1. The highest BCUT2D eigenvalue weighted by molar-refractivity contribution is 5.73. The number of carbonyl (C=O) groups is 1. The van der Waals surface area contributed by atoms with Crippen LogP contribution in [0.3, 0.4) is 0 Å². The minimum Gasteiger partial charge on any atom is -0.481 e. The zero-order valence-corrected chi connectivity index (χ0v) is 11.4. The predicted octanol–water partition coefficient (Wildman–Crippen LogP) is 2.94. The zero-order chi connectivity index (χ0) is 12.9. The summed E-state index contributed by atoms with van der Waals surface area (Å²) in [5, 5.41) is 9.14. The van der Waals surface area contributed by atoms with Crippen LogP contribution in [0.2, 0.25) is 0 Å². The molecule has 0 atom stereocenters. The van der Waals surface area contributed by atoms with Crippen LogP contribution >= 0.6 is 0 Å². The maximum Gasteiger partial charge on any atom is 0.311 e. The number of hydrogen-bond donors (Lipinski definition) is 1. The zero-order valence-electron chi connectivity index (χ0n) is 11.4. The normalized spacial score (nSPS) is 42.2. The van der Waals surface area contributed by atoms with Crippen LogP contribution in [0.25, 0.3) is 0 Å². The summed E-state index contributed by atoms with van der Waals surface area (Å²) >= 11 is 0. The lowest BCUT2D eigenvalue weighted by Gasteiger charge is -2.54. The molecule has 0 aromatic rings. The molecule has 0 amide bonds. The minimum atomic E-state index is -0.758. The molecule has 0 heterocycles. The van der Waals surface area contributed by atoms with E-state index in [0.717, 1.165) is 11.8 Å². The molecule has 1 N–H and O–H groups in total. The number of hydrogen-bond acceptors (Lipinski definition) is 2. The van der Waals surface area contributed by atoms with Gasteiger partial charge in [0.05, 0.1) is 18.1 Å². The van der Waals surface area contributed by atoms with Gasteiger partial charge < -0.3 is 9.84 Å². The van der Waals surface area contributed by atoms with Gasteiger partial charge in [0.15, 0.2) is 0 Å². The molecule has 4 saturated carbocycles. The van der Waals surface area contributed by atoms with Crippen LogP contribution in [0, 0.1) is 29.1 Å². The minimum absolute atomic E-state index is 0.344. The van der Waals surface area contributed by atoms with Crippen molar-refractivity contribution in [2.45, 2.75) is 52.1 Å². The maximum absolute atomic E-state index is 11.1. The summed E-state index contributed by atoms with van der Waals surface area (Å²) in [6.07, 6.45) is 7.09. The van der Waals surface area contributed by atoms with E-state index in [2.05, 4.69) is 0 Å². The van der Waals surface area contributed by atoms with Crippen LogP contribution in [-0.4, -0.2) is 23.8 Å². The van der Waals surface area contributed by atoms with Gasteiger partial charge in [-0.15, -0.1) is 0 Å². The van der Waals surface area contributed by atoms with Gasteiger partial charge in [-0.2, -0.15) is 0 Å². The van der Waals surface area contributed by atoms with Crippen molar-refractivity contribution in [2.24, 2.45) is 29.1 Å². The molecule has 18 heavy (non-hydrogen) atoms. The van der Waals surface area contributed by atoms with Crippen LogP contribution in [0.15, 0.2) is 0 Å². The Hall–Kier alpha value is -0.570. The first-order valence-electron chi connectivity index (χ1n) is 7.30. The Morgan fingerprint density at radius 1 is 1.11 bits per heavy atom. The molecule has 4 bridgehead atoms. The van der Waals surface area contributed by atoms with E-state index >= 15 is 0 Å². The molecule has 4 aliphatic carbocycles. The van der Waals surface area contributed by atoms with Crippen molar-refractivity contribution < 1.29 is 14.6 Å². The highest BCUT2D eigenvalue weighted by Crippen LogP contribution is 2.54. The Balaban J connectivity index is 1.62. The fraction of sp³-hybridized carbons (Fsp3) is 0.933. The van der Waals surface area contributed by atoms with E-state index in [-0.39, 0.29) is 0 Å². The Kier molecular flexibility index (Phi) is 2.92. The third kappa shape index (κ3) is 2.07. The van der Waals surface area contributed by atoms with Crippen molar-refractivity contribution in [3.8, 4) is 0 Å². The van der Waals surface area contributed by atoms with Crippen molar-refractivity contribution in [2.75, 3.05) is 6.61 Å². The van der Waals surface area contributed by atoms with Gasteiger partial charge in [0.2, 0.25) is 0 Å². The first-order valence-corrected chi connectivity index (χ1v) is 7.30. The second kappa shape index (κ2) is 4.22. The Morgan fingerprint density at radius 3 is 2.06 bits per heavy atom. The second-order valence-corrected chi connectivity index (χ2v) is 7.40. The van der Waals surface area contributed by atoms with Crippen LogP contribution in [0.5, 0.6) is 0 Å². The topological polar surface area (TPSA) is 46.5 Å². The maximum atomic E-state index is 11.1. The van der Waals surface area contributed by atoms with E-state index in [1.807, 2.05) is 0 Å². The first kappa shape index (κ1) is 12.5. The monoisotopic (exact) mass is 252 g/mol. The average Bonchev–Trinajstić information content (AvgIpc) is 2.26. The largest absolute Gasteiger partial charge is 0.481 e. The summed E-state index contributed by atoms with van der Waals surface area (Å²) in [5.74, 6) is 2.56. The SMILES string of the molecule is CC(C)(COC1C2CC3CC(C2)CC1C3)C(=O)O. The number of rotatable bonds is 4. The van der Waals surface area contributed by atoms with Gasteiger partial charge in [-0.3, -0.25) is 4.79 Å². The molecule has 0 saturated heterocycles. The average molecular weight is 252 g/mol. The molecule has 3 nitrogen and oxygen atoms in total. The summed E-state index contributed by atoms with van der Waals surface area (Å²) in [6.45, 7) is 3.87. The molecule has 4 aliphatic rings. The molecule has 4 fully saturated rings. The highest BCUT2D eigenvalue weighted by atomic mass is 16.5. The lowest BCUT2D eigenvalue weighted by Crippen LogP contribution is -2.50. The fourth-order valence-corrected chi connectivity index (χ4v) is 4.51. The predicted molar refractivity (Wildman–Crippen MR) is 68.2 cm³/mol. The summed E-state index contributed by atoms with van der Waals surface area (Å²) in [6, 6.07) is 0. The highest BCUT2D eigenvalue weighted by Gasteiger charge is 2.49. The smallest absolute Gasteiger partial charge is 0.311 e. The molecule has 102 valence electrons. The third-order valence-electron chi connectivity index (χ3n) is 5.36. The Morgan fingerprint density at radius 2 is 1.61 bits per heavy atom. The molecule has 0 aromatic carbocycles. The van der Waals surface area contributed by atoms with Crippen LogP contribution in [0.1, 0.15) is 46.0 Å². The Bertz CT molecular complexity index is 320. The molecule has 4 rings (SSSR count). The van der Waals surface area contributed by atoms with Gasteiger partial charge >= 0.3 is 5.97 Å². The van der Waals surface area contributed by atoms with E-state index in [0.29, 0.717) is 24.5 Å². The molecule has 0 aliphatic heterocycles. The van der Waals surface area contributed by atoms with E-state index in [9.17, 15) is 4.79 Å². The quantitative estimate of drug-likeness (QED) is 0.836. The van der Waals surface area contributed by atoms with E-state index in [1.165, 1.54) is 32.1 Å². The molecule has 0 radical (unpaired) electrons. The third-order valence-corrected chi connectivity index (χ3v) is 5.36. The summed E-state index contributed by atoms with van der Waals surface area (Å²) in [5.41, 5.74) is -0.755. The van der Waals surface area contributed by atoms with Gasteiger partial charge in [0, 0.05) is 0 Å². The van der Waals surface area contributed by atoms with Gasteiger partial charge in [0.1, 0.15) is 0 Å². The van der Waals surface area contributed by atoms with E-state index < -0.39 is 11.4 Å². The van der Waals surface area contributed by atoms with Gasteiger partial charge in [-0.1, -0.05) is 0 Å². The fourth-order valence-electron chi connectivity index (χ4n) is 4.51. The van der Waals surface area contributed by atoms with Gasteiger partial charge in [0.25, 0.3) is 0 Å². The van der Waals surface area contributed by atoms with E-state index in [1.54, 1.807) is 13.8 Å². The Labute approximate surface area is 109 Å². The molecular weight excluding hydrogens is 228 g/mol. The van der Waals surface area contributed by atoms with Crippen molar-refractivity contribution in [3.63, 3.8) is 0 Å². The molecule has 0 unspecified atom stereocenters. The summed E-state index contributed by atoms with van der Waals surface area (Å²) in [7, 11) is 0. The molecule has 3 heteroatoms. The van der Waals surface area contributed by atoms with Crippen molar-refractivity contribution in [3.05, 3.63) is 0 Å². The van der Waals surface area contributed by atoms with Crippen LogP contribution < -0.4 is 0 Å². The van der Waals surface area contributed by atoms with Crippen molar-refractivity contribution >= 4 is 5.97 Å². The van der Waals surface area contributed by atoms with Crippen LogP contribution in [-0.2, 0) is 9.53 Å². The molecule has 0 aromatic heterocycles. The summed E-state index contributed by atoms with van der Waals surface area (Å²) in [4.78, 5) is 11.1. The van der Waals surface area contributed by atoms with Crippen molar-refractivity contribution in [1.29, 1.82) is 0 Å². The number of carboxylic acid groups (broad SMARTS) is 1. The lowest BCUT2D eigenvalue weighted by atomic mass is 9.55. The van der Waals surface area contributed by atoms with Crippen LogP contribution in [0.4, 0.5) is 0 Å². The van der Waals surface area contributed by atoms with E-state index in [4.69, 9.17) is 9.84 Å². The molecule has 0 spiro atoms. The lowest BCUT2D eigenvalue weighted by molar-refractivity contribution is -0.164. The standard InChI is InChI=1S/C15H24O3/c1-15(2,14(16)17)8-18-13-11-4-9-3-10(6-11)7-12(13)5-9/h9-13H,3-8H2,1-2H3,(H,16,17). The van der Waals surface area contributed by atoms with Crippen molar-refractivity contribution in [1.82, 2.24) is 0 Å². The van der Waals surface area contributed by atoms with Gasteiger partial charge in [-0.05, 0) is 69.6 Å². The first-order chi connectivity index (χ1) is 8.45. The number of carboxylic acids is 1. The molecular formula is C15H24O3. The van der Waals surface area contributed by atoms with Gasteiger partial charge in [-0.25, -0.2) is 0 Å². The number of aliphatic carboxylic acids is 1. The second-order valence-electron chi connectivity index (χ2n) is 7.40. The summed E-state index contributed by atoms with van der Waals surface area (Å²) < 4.78 is 6.06.